The zero-order valence-corrected chi connectivity index (χ0v) is 12.2. The van der Waals surface area contributed by atoms with E-state index in [0.717, 1.165) is 16.7 Å². The number of aryl methyl sites for hydroxylation is 2. The van der Waals surface area contributed by atoms with Gasteiger partial charge in [0.25, 0.3) is 0 Å². The average molecular weight is 285 g/mol. The normalized spacial score (nSPS) is 12.8. The highest BCUT2D eigenvalue weighted by molar-refractivity contribution is 7.90. The largest absolute Gasteiger partial charge is 0.609 e. The number of imidazole rings is 1. The molecule has 5 heteroatoms. The number of rotatable bonds is 3. The van der Waals surface area contributed by atoms with E-state index in [9.17, 15) is 4.55 Å². The minimum absolute atomic E-state index is 0.374. The number of pyridine rings is 1. The van der Waals surface area contributed by atoms with Crippen LogP contribution in [0.15, 0.2) is 41.7 Å². The molecule has 4 nitrogen and oxygen atoms in total. The molecule has 1 aromatic carbocycles. The fourth-order valence-electron chi connectivity index (χ4n) is 2.04. The van der Waals surface area contributed by atoms with Gasteiger partial charge >= 0.3 is 5.16 Å². The Labute approximate surface area is 120 Å². The van der Waals surface area contributed by atoms with Crippen molar-refractivity contribution < 1.29 is 4.55 Å². The first-order valence-electron chi connectivity index (χ1n) is 6.39. The third kappa shape index (κ3) is 2.55. The smallest absolute Gasteiger partial charge is 0.322 e. The van der Waals surface area contributed by atoms with Crippen LogP contribution in [-0.4, -0.2) is 19.5 Å². The first-order chi connectivity index (χ1) is 9.63. The Bertz CT molecular complexity index is 700. The second-order valence-electron chi connectivity index (χ2n) is 4.81. The number of hydrogen-bond acceptors (Lipinski definition) is 3. The van der Waals surface area contributed by atoms with Crippen molar-refractivity contribution in [3.05, 3.63) is 53.3 Å². The molecule has 0 saturated carbocycles. The van der Waals surface area contributed by atoms with Gasteiger partial charge in [0.1, 0.15) is 0 Å². The minimum atomic E-state index is -1.21. The summed E-state index contributed by atoms with van der Waals surface area (Å²) in [6.07, 6.45) is 1.71. The van der Waals surface area contributed by atoms with E-state index in [-0.39, 0.29) is 0 Å². The molecule has 0 amide bonds. The number of nitrogens with zero attached hydrogens (tertiary/aromatic N) is 2. The zero-order valence-electron chi connectivity index (χ0n) is 11.4. The van der Waals surface area contributed by atoms with Crippen molar-refractivity contribution in [3.8, 4) is 0 Å². The van der Waals surface area contributed by atoms with Gasteiger partial charge in [-0.05, 0) is 49.2 Å². The lowest BCUT2D eigenvalue weighted by molar-refractivity contribution is 0.587. The maximum atomic E-state index is 12.3. The maximum absolute atomic E-state index is 12.3. The SMILES string of the molecule is Cc1cc2nc([S+]([O-])Cc3ccccn3)[nH]c2cc1C. The van der Waals surface area contributed by atoms with E-state index in [0.29, 0.717) is 10.9 Å². The average Bonchev–Trinajstić information content (AvgIpc) is 2.83. The molecule has 0 spiro atoms. The van der Waals surface area contributed by atoms with Crippen molar-refractivity contribution in [1.82, 2.24) is 15.0 Å². The topological polar surface area (TPSA) is 64.6 Å². The Morgan fingerprint density at radius 3 is 2.75 bits per heavy atom. The van der Waals surface area contributed by atoms with Gasteiger partial charge in [-0.2, -0.15) is 4.98 Å². The van der Waals surface area contributed by atoms with Gasteiger partial charge in [0, 0.05) is 17.4 Å². The molecule has 0 bridgehead atoms. The van der Waals surface area contributed by atoms with Crippen LogP contribution in [0.1, 0.15) is 16.8 Å². The van der Waals surface area contributed by atoms with E-state index in [4.69, 9.17) is 0 Å². The fraction of sp³-hybridized carbons (Fsp3) is 0.200. The monoisotopic (exact) mass is 285 g/mol. The van der Waals surface area contributed by atoms with Crippen molar-refractivity contribution in [3.63, 3.8) is 0 Å². The fourth-order valence-corrected chi connectivity index (χ4v) is 3.04. The summed E-state index contributed by atoms with van der Waals surface area (Å²) in [5, 5.41) is 0.510. The van der Waals surface area contributed by atoms with Crippen LogP contribution in [0.25, 0.3) is 11.0 Å². The number of nitrogens with one attached hydrogen (secondary N) is 1. The number of hydrogen-bond donors (Lipinski definition) is 1. The van der Waals surface area contributed by atoms with Gasteiger partial charge in [0.2, 0.25) is 0 Å². The lowest BCUT2D eigenvalue weighted by atomic mass is 10.1. The predicted octanol–water partition coefficient (Wildman–Crippen LogP) is 2.88. The lowest BCUT2D eigenvalue weighted by Gasteiger charge is -2.05. The number of aromatic amines is 1. The molecule has 102 valence electrons. The summed E-state index contributed by atoms with van der Waals surface area (Å²) in [5.41, 5.74) is 4.97. The number of benzene rings is 1. The number of aromatic nitrogens is 3. The summed E-state index contributed by atoms with van der Waals surface area (Å²) in [6.45, 7) is 4.11. The van der Waals surface area contributed by atoms with Gasteiger partial charge in [-0.15, -0.1) is 0 Å². The molecule has 3 aromatic rings. The van der Waals surface area contributed by atoms with Crippen LogP contribution in [0.2, 0.25) is 0 Å². The zero-order chi connectivity index (χ0) is 14.1. The van der Waals surface area contributed by atoms with Crippen molar-refractivity contribution in [1.29, 1.82) is 0 Å². The quantitative estimate of drug-likeness (QED) is 0.752. The summed E-state index contributed by atoms with van der Waals surface area (Å²) < 4.78 is 12.3. The molecule has 0 fully saturated rings. The van der Waals surface area contributed by atoms with Crippen LogP contribution in [0.4, 0.5) is 0 Å². The minimum Gasteiger partial charge on any atom is -0.609 e. The maximum Gasteiger partial charge on any atom is 0.322 e. The molecule has 2 aromatic heterocycles. The summed E-state index contributed by atoms with van der Waals surface area (Å²) in [5.74, 6) is 0.374. The third-order valence-corrected chi connectivity index (χ3v) is 4.48. The van der Waals surface area contributed by atoms with E-state index in [1.807, 2.05) is 37.3 Å². The lowest BCUT2D eigenvalue weighted by Crippen LogP contribution is -2.07. The molecule has 0 aliphatic carbocycles. The molecule has 1 unspecified atom stereocenters. The van der Waals surface area contributed by atoms with E-state index < -0.39 is 11.2 Å². The highest BCUT2D eigenvalue weighted by Gasteiger charge is 2.18. The van der Waals surface area contributed by atoms with Gasteiger partial charge in [-0.3, -0.25) is 9.97 Å². The van der Waals surface area contributed by atoms with Gasteiger partial charge < -0.3 is 4.55 Å². The second-order valence-corrected chi connectivity index (χ2v) is 6.17. The molecule has 2 heterocycles. The van der Waals surface area contributed by atoms with Gasteiger partial charge in [-0.1, -0.05) is 6.07 Å². The van der Waals surface area contributed by atoms with E-state index in [1.165, 1.54) is 11.1 Å². The van der Waals surface area contributed by atoms with Crippen LogP contribution in [0, 0.1) is 13.8 Å². The van der Waals surface area contributed by atoms with Crippen LogP contribution in [-0.2, 0) is 16.9 Å². The van der Waals surface area contributed by atoms with E-state index in [1.54, 1.807) is 6.20 Å². The van der Waals surface area contributed by atoms with Crippen molar-refractivity contribution >= 4 is 22.2 Å². The van der Waals surface area contributed by atoms with Gasteiger partial charge in [-0.25, -0.2) is 0 Å². The van der Waals surface area contributed by atoms with Crippen LogP contribution in [0.3, 0.4) is 0 Å². The summed E-state index contributed by atoms with van der Waals surface area (Å²) in [6, 6.07) is 9.67. The summed E-state index contributed by atoms with van der Waals surface area (Å²) in [4.78, 5) is 11.8. The Kier molecular flexibility index (Phi) is 3.46. The van der Waals surface area contributed by atoms with Crippen molar-refractivity contribution in [2.45, 2.75) is 24.8 Å². The highest BCUT2D eigenvalue weighted by Crippen LogP contribution is 2.20. The Balaban J connectivity index is 1.90. The summed E-state index contributed by atoms with van der Waals surface area (Å²) >= 11 is -1.21. The molecule has 0 aliphatic heterocycles. The molecule has 0 saturated heterocycles. The van der Waals surface area contributed by atoms with Crippen LogP contribution < -0.4 is 0 Å². The van der Waals surface area contributed by atoms with Crippen molar-refractivity contribution in [2.24, 2.45) is 0 Å². The first-order valence-corrected chi connectivity index (χ1v) is 7.70. The Morgan fingerprint density at radius 2 is 2.00 bits per heavy atom. The molecule has 1 N–H and O–H groups in total. The Hall–Kier alpha value is -1.85. The standard InChI is InChI=1S/C15H15N3OS/c1-10-7-13-14(8-11(10)2)18-15(17-13)20(19)9-12-5-3-4-6-16-12/h3-8H,9H2,1-2H3,(H,17,18). The molecule has 1 atom stereocenters. The molecular formula is C15H15N3OS. The van der Waals surface area contributed by atoms with Crippen LogP contribution >= 0.6 is 0 Å². The predicted molar refractivity (Wildman–Crippen MR) is 79.9 cm³/mol. The van der Waals surface area contributed by atoms with E-state index >= 15 is 0 Å². The molecule has 20 heavy (non-hydrogen) atoms. The van der Waals surface area contributed by atoms with Crippen LogP contribution in [0.5, 0.6) is 0 Å². The summed E-state index contributed by atoms with van der Waals surface area (Å²) in [7, 11) is 0. The van der Waals surface area contributed by atoms with Crippen molar-refractivity contribution in [2.75, 3.05) is 0 Å². The number of H-pyrrole nitrogens is 1. The molecular weight excluding hydrogens is 270 g/mol. The number of fused-ring (bicyclic) bond motifs is 1. The van der Waals surface area contributed by atoms with E-state index in [2.05, 4.69) is 21.9 Å². The first kappa shape index (κ1) is 13.1. The Morgan fingerprint density at radius 1 is 1.20 bits per heavy atom. The molecule has 0 radical (unpaired) electrons. The molecule has 3 rings (SSSR count). The van der Waals surface area contributed by atoms with Gasteiger partial charge in [0.15, 0.2) is 5.75 Å². The highest BCUT2D eigenvalue weighted by atomic mass is 32.2. The molecule has 0 aliphatic rings. The van der Waals surface area contributed by atoms with Gasteiger partial charge in [0.05, 0.1) is 16.7 Å². The third-order valence-electron chi connectivity index (χ3n) is 3.30. The second kappa shape index (κ2) is 5.26.